The van der Waals surface area contributed by atoms with Gasteiger partial charge in [0.25, 0.3) is 0 Å². The summed E-state index contributed by atoms with van der Waals surface area (Å²) in [5.41, 5.74) is 1.52. The summed E-state index contributed by atoms with van der Waals surface area (Å²) >= 11 is 0. The minimum atomic E-state index is -1.24. The summed E-state index contributed by atoms with van der Waals surface area (Å²) in [6.45, 7) is 3.52. The van der Waals surface area contributed by atoms with Gasteiger partial charge in [0.05, 0.1) is 0 Å². The van der Waals surface area contributed by atoms with E-state index in [0.717, 1.165) is 18.5 Å². The fourth-order valence-corrected chi connectivity index (χ4v) is 2.83. The molecule has 1 fully saturated rings. The standard InChI is InChI=1S/C17H16FNO3/c1-9-7-11(18)3-6-13(9)15-10(2)19(12-4-5-12)8-14(16(15)20)17(21)22/h3,6-8,12H,4-5H2,1-2H3,(H,21,22). The number of carboxylic acid groups (broad SMARTS) is 1. The van der Waals surface area contributed by atoms with Crippen molar-refractivity contribution >= 4 is 5.97 Å². The Morgan fingerprint density at radius 3 is 2.55 bits per heavy atom. The number of aromatic carboxylic acids is 1. The molecule has 0 saturated heterocycles. The van der Waals surface area contributed by atoms with Crippen molar-refractivity contribution in [1.29, 1.82) is 0 Å². The van der Waals surface area contributed by atoms with Gasteiger partial charge in [-0.05, 0) is 49.9 Å². The largest absolute Gasteiger partial charge is 0.477 e. The molecule has 1 aromatic carbocycles. The summed E-state index contributed by atoms with van der Waals surface area (Å²) in [7, 11) is 0. The molecule has 1 aliphatic carbocycles. The lowest BCUT2D eigenvalue weighted by Gasteiger charge is -2.16. The number of hydrogen-bond donors (Lipinski definition) is 1. The van der Waals surface area contributed by atoms with E-state index in [1.165, 1.54) is 24.4 Å². The van der Waals surface area contributed by atoms with Crippen LogP contribution in [0.3, 0.4) is 0 Å². The summed E-state index contributed by atoms with van der Waals surface area (Å²) in [5, 5.41) is 9.29. The molecule has 1 aliphatic rings. The average Bonchev–Trinajstić information content (AvgIpc) is 3.25. The molecule has 1 heterocycles. The van der Waals surface area contributed by atoms with Crippen LogP contribution in [0.4, 0.5) is 4.39 Å². The van der Waals surface area contributed by atoms with Gasteiger partial charge in [-0.3, -0.25) is 4.79 Å². The van der Waals surface area contributed by atoms with Gasteiger partial charge in [-0.1, -0.05) is 6.07 Å². The van der Waals surface area contributed by atoms with Crippen molar-refractivity contribution in [2.24, 2.45) is 0 Å². The highest BCUT2D eigenvalue weighted by molar-refractivity contribution is 5.89. The third-order valence-corrected chi connectivity index (χ3v) is 4.12. The number of carbonyl (C=O) groups is 1. The number of pyridine rings is 1. The van der Waals surface area contributed by atoms with Crippen LogP contribution in [0.2, 0.25) is 0 Å². The number of rotatable bonds is 3. The summed E-state index contributed by atoms with van der Waals surface area (Å²) in [6.07, 6.45) is 3.38. The second-order valence-electron chi connectivity index (χ2n) is 5.74. The minimum Gasteiger partial charge on any atom is -0.477 e. The first-order valence-corrected chi connectivity index (χ1v) is 7.15. The molecule has 2 aromatic rings. The predicted molar refractivity (Wildman–Crippen MR) is 80.8 cm³/mol. The Hall–Kier alpha value is -2.43. The molecule has 3 rings (SSSR count). The van der Waals surface area contributed by atoms with Crippen molar-refractivity contribution in [2.75, 3.05) is 0 Å². The maximum atomic E-state index is 13.3. The van der Waals surface area contributed by atoms with Crippen LogP contribution in [0.15, 0.2) is 29.2 Å². The molecule has 0 aliphatic heterocycles. The van der Waals surface area contributed by atoms with Gasteiger partial charge in [0, 0.05) is 23.5 Å². The van der Waals surface area contributed by atoms with E-state index in [2.05, 4.69) is 0 Å². The van der Waals surface area contributed by atoms with Crippen LogP contribution in [0.1, 0.15) is 40.5 Å². The zero-order valence-electron chi connectivity index (χ0n) is 12.4. The summed E-state index contributed by atoms with van der Waals surface area (Å²) < 4.78 is 15.2. The Labute approximate surface area is 126 Å². The number of carboxylic acids is 1. The van der Waals surface area contributed by atoms with E-state index >= 15 is 0 Å². The maximum absolute atomic E-state index is 13.3. The molecule has 0 bridgehead atoms. The predicted octanol–water partition coefficient (Wildman–Crippen LogP) is 3.30. The van der Waals surface area contributed by atoms with Crippen molar-refractivity contribution in [2.45, 2.75) is 32.7 Å². The minimum absolute atomic E-state index is 0.240. The van der Waals surface area contributed by atoms with Crippen molar-refractivity contribution in [3.63, 3.8) is 0 Å². The molecule has 5 heteroatoms. The zero-order chi connectivity index (χ0) is 16.0. The smallest absolute Gasteiger partial charge is 0.341 e. The lowest BCUT2D eigenvalue weighted by Crippen LogP contribution is -2.22. The topological polar surface area (TPSA) is 59.3 Å². The second-order valence-corrected chi connectivity index (χ2v) is 5.74. The van der Waals surface area contributed by atoms with E-state index in [9.17, 15) is 19.1 Å². The quantitative estimate of drug-likeness (QED) is 0.946. The average molecular weight is 301 g/mol. The van der Waals surface area contributed by atoms with Gasteiger partial charge in [-0.15, -0.1) is 0 Å². The van der Waals surface area contributed by atoms with Crippen LogP contribution in [0.5, 0.6) is 0 Å². The van der Waals surface area contributed by atoms with Crippen molar-refractivity contribution in [1.82, 2.24) is 4.57 Å². The van der Waals surface area contributed by atoms with E-state index in [-0.39, 0.29) is 17.4 Å². The molecule has 0 atom stereocenters. The number of benzene rings is 1. The Bertz CT molecular complexity index is 835. The Morgan fingerprint density at radius 1 is 1.32 bits per heavy atom. The molecular formula is C17H16FNO3. The fourth-order valence-electron chi connectivity index (χ4n) is 2.83. The summed E-state index contributed by atoms with van der Waals surface area (Å²) in [4.78, 5) is 24.0. The number of halogens is 1. The van der Waals surface area contributed by atoms with Crippen molar-refractivity contribution < 1.29 is 14.3 Å². The van der Waals surface area contributed by atoms with Crippen LogP contribution < -0.4 is 5.43 Å². The number of aromatic nitrogens is 1. The van der Waals surface area contributed by atoms with E-state index in [4.69, 9.17) is 0 Å². The summed E-state index contributed by atoms with van der Waals surface area (Å²) in [6, 6.07) is 4.43. The zero-order valence-corrected chi connectivity index (χ0v) is 12.4. The summed E-state index contributed by atoms with van der Waals surface area (Å²) in [5.74, 6) is -1.61. The highest BCUT2D eigenvalue weighted by Crippen LogP contribution is 2.37. The first-order chi connectivity index (χ1) is 10.4. The van der Waals surface area contributed by atoms with Crippen LogP contribution in [0.25, 0.3) is 11.1 Å². The molecule has 114 valence electrons. The lowest BCUT2D eigenvalue weighted by molar-refractivity contribution is 0.0694. The highest BCUT2D eigenvalue weighted by atomic mass is 19.1. The van der Waals surface area contributed by atoms with Crippen molar-refractivity contribution in [3.8, 4) is 11.1 Å². The van der Waals surface area contributed by atoms with E-state index in [0.29, 0.717) is 16.7 Å². The molecule has 1 aromatic heterocycles. The van der Waals surface area contributed by atoms with E-state index in [1.54, 1.807) is 6.92 Å². The molecule has 22 heavy (non-hydrogen) atoms. The van der Waals surface area contributed by atoms with Gasteiger partial charge in [0.2, 0.25) is 5.43 Å². The van der Waals surface area contributed by atoms with Crippen LogP contribution in [0, 0.1) is 19.7 Å². The first kappa shape index (κ1) is 14.5. The lowest BCUT2D eigenvalue weighted by atomic mass is 9.97. The van der Waals surface area contributed by atoms with E-state index < -0.39 is 11.4 Å². The number of aryl methyl sites for hydroxylation is 1. The fraction of sp³-hybridized carbons (Fsp3) is 0.294. The van der Waals surface area contributed by atoms with Crippen molar-refractivity contribution in [3.05, 3.63) is 57.3 Å². The number of nitrogens with zero attached hydrogens (tertiary/aromatic N) is 1. The highest BCUT2D eigenvalue weighted by Gasteiger charge is 2.28. The molecule has 0 radical (unpaired) electrons. The van der Waals surface area contributed by atoms with Gasteiger partial charge in [0.1, 0.15) is 11.4 Å². The number of hydrogen-bond acceptors (Lipinski definition) is 2. The maximum Gasteiger partial charge on any atom is 0.341 e. The Morgan fingerprint density at radius 2 is 2.00 bits per heavy atom. The molecule has 0 unspecified atom stereocenters. The molecule has 1 N–H and O–H groups in total. The normalized spacial score (nSPS) is 14.1. The Balaban J connectivity index is 2.34. The first-order valence-electron chi connectivity index (χ1n) is 7.15. The van der Waals surface area contributed by atoms with Gasteiger partial charge < -0.3 is 9.67 Å². The molecule has 0 spiro atoms. The van der Waals surface area contributed by atoms with Gasteiger partial charge >= 0.3 is 5.97 Å². The molecule has 0 amide bonds. The monoisotopic (exact) mass is 301 g/mol. The SMILES string of the molecule is Cc1cc(F)ccc1-c1c(C)n(C2CC2)cc(C(=O)O)c1=O. The molecule has 4 nitrogen and oxygen atoms in total. The second kappa shape index (κ2) is 5.09. The Kier molecular flexibility index (Phi) is 3.35. The van der Waals surface area contributed by atoms with Crippen LogP contribution in [-0.2, 0) is 0 Å². The molecular weight excluding hydrogens is 285 g/mol. The van der Waals surface area contributed by atoms with Gasteiger partial charge in [-0.2, -0.15) is 0 Å². The van der Waals surface area contributed by atoms with Gasteiger partial charge in [0.15, 0.2) is 0 Å². The third-order valence-electron chi connectivity index (χ3n) is 4.12. The van der Waals surface area contributed by atoms with Gasteiger partial charge in [-0.25, -0.2) is 9.18 Å². The van der Waals surface area contributed by atoms with E-state index in [1.807, 2.05) is 11.5 Å². The molecule has 1 saturated carbocycles. The van der Waals surface area contributed by atoms with Crippen LogP contribution in [-0.4, -0.2) is 15.6 Å². The van der Waals surface area contributed by atoms with Crippen LogP contribution >= 0.6 is 0 Å². The third kappa shape index (κ3) is 2.32.